The molecular weight excluding hydrogens is 372 g/mol. The molecule has 1 amide bonds. The topological polar surface area (TPSA) is 60.5 Å². The zero-order valence-electron chi connectivity index (χ0n) is 14.9. The molecule has 0 radical (unpaired) electrons. The first kappa shape index (κ1) is 19.0. The van der Waals surface area contributed by atoms with Crippen molar-refractivity contribution in [3.8, 4) is 5.75 Å². The number of nitrogens with zero attached hydrogens (tertiary/aromatic N) is 1. The molecule has 6 heteroatoms. The first-order valence-corrected chi connectivity index (χ1v) is 9.37. The third kappa shape index (κ3) is 5.96. The molecule has 0 spiro atoms. The Bertz CT molecular complexity index is 572. The van der Waals surface area contributed by atoms with Crippen LogP contribution in [0.15, 0.2) is 16.7 Å². The molecule has 0 saturated heterocycles. The molecular formula is C18H27BrN2O3. The summed E-state index contributed by atoms with van der Waals surface area (Å²) >= 11 is 3.49. The number of ether oxygens (including phenoxy) is 2. The SMILES string of the molecule is CCCc1ccc(O[C@@H]2CC[C@H](NC(=O)OC(C)(C)C)C2)c(Br)n1. The molecule has 1 aliphatic carbocycles. The van der Waals surface area contributed by atoms with E-state index >= 15 is 0 Å². The molecule has 134 valence electrons. The highest BCUT2D eigenvalue weighted by Gasteiger charge is 2.29. The van der Waals surface area contributed by atoms with Crippen LogP contribution < -0.4 is 10.1 Å². The van der Waals surface area contributed by atoms with Crippen LogP contribution in [0.2, 0.25) is 0 Å². The second-order valence-electron chi connectivity index (χ2n) is 7.24. The van der Waals surface area contributed by atoms with E-state index in [1.165, 1.54) is 0 Å². The summed E-state index contributed by atoms with van der Waals surface area (Å²) in [5, 5.41) is 2.92. The fourth-order valence-corrected chi connectivity index (χ4v) is 3.23. The minimum absolute atomic E-state index is 0.0834. The van der Waals surface area contributed by atoms with E-state index in [9.17, 15) is 4.79 Å². The van der Waals surface area contributed by atoms with Gasteiger partial charge in [-0.05, 0) is 68.1 Å². The van der Waals surface area contributed by atoms with Gasteiger partial charge in [-0.2, -0.15) is 0 Å². The van der Waals surface area contributed by atoms with Crippen molar-refractivity contribution in [2.75, 3.05) is 0 Å². The van der Waals surface area contributed by atoms with Gasteiger partial charge in [-0.15, -0.1) is 0 Å². The molecule has 0 aliphatic heterocycles. The van der Waals surface area contributed by atoms with Crippen molar-refractivity contribution < 1.29 is 14.3 Å². The first-order valence-electron chi connectivity index (χ1n) is 8.58. The number of carbonyl (C=O) groups is 1. The lowest BCUT2D eigenvalue weighted by Crippen LogP contribution is -2.38. The summed E-state index contributed by atoms with van der Waals surface area (Å²) in [5.41, 5.74) is 0.586. The lowest BCUT2D eigenvalue weighted by Gasteiger charge is -2.22. The standard InChI is InChI=1S/C18H27BrN2O3/c1-5-6-12-8-10-15(16(19)20-12)23-14-9-7-13(11-14)21-17(22)24-18(2,3)4/h8,10,13-14H,5-7,9,11H2,1-4H3,(H,21,22)/t13-,14+/m0/s1. The molecule has 2 atom stereocenters. The predicted molar refractivity (Wildman–Crippen MR) is 97.4 cm³/mol. The summed E-state index contributed by atoms with van der Waals surface area (Å²) in [5.74, 6) is 0.762. The zero-order chi connectivity index (χ0) is 17.7. The van der Waals surface area contributed by atoms with Gasteiger partial charge in [0.2, 0.25) is 0 Å². The van der Waals surface area contributed by atoms with Crippen LogP contribution in [0, 0.1) is 0 Å². The largest absolute Gasteiger partial charge is 0.488 e. The number of nitrogens with one attached hydrogen (secondary N) is 1. The van der Waals surface area contributed by atoms with Crippen LogP contribution in [-0.4, -0.2) is 28.8 Å². The summed E-state index contributed by atoms with van der Waals surface area (Å²) in [6.45, 7) is 7.72. The smallest absolute Gasteiger partial charge is 0.407 e. The van der Waals surface area contributed by atoms with Crippen molar-refractivity contribution in [1.29, 1.82) is 0 Å². The molecule has 24 heavy (non-hydrogen) atoms. The van der Waals surface area contributed by atoms with Gasteiger partial charge < -0.3 is 14.8 Å². The van der Waals surface area contributed by atoms with Crippen LogP contribution in [0.4, 0.5) is 4.79 Å². The maximum atomic E-state index is 11.8. The van der Waals surface area contributed by atoms with Gasteiger partial charge in [0.15, 0.2) is 5.75 Å². The number of amides is 1. The van der Waals surface area contributed by atoms with Gasteiger partial charge in [0.25, 0.3) is 0 Å². The number of alkyl carbamates (subject to hydrolysis) is 1. The number of aromatic nitrogens is 1. The minimum Gasteiger partial charge on any atom is -0.488 e. The van der Waals surface area contributed by atoms with E-state index in [4.69, 9.17) is 9.47 Å². The zero-order valence-corrected chi connectivity index (χ0v) is 16.5. The quantitative estimate of drug-likeness (QED) is 0.734. The second-order valence-corrected chi connectivity index (χ2v) is 7.99. The molecule has 2 rings (SSSR count). The van der Waals surface area contributed by atoms with Crippen molar-refractivity contribution >= 4 is 22.0 Å². The molecule has 1 saturated carbocycles. The van der Waals surface area contributed by atoms with Crippen molar-refractivity contribution in [3.05, 3.63) is 22.4 Å². The van der Waals surface area contributed by atoms with Crippen molar-refractivity contribution in [2.24, 2.45) is 0 Å². The average Bonchev–Trinajstić information content (AvgIpc) is 2.87. The fourth-order valence-electron chi connectivity index (χ4n) is 2.77. The average molecular weight is 399 g/mol. The van der Waals surface area contributed by atoms with Gasteiger partial charge in [0.1, 0.15) is 16.3 Å². The Labute approximate surface area is 152 Å². The van der Waals surface area contributed by atoms with Gasteiger partial charge in [-0.3, -0.25) is 0 Å². The fraction of sp³-hybridized carbons (Fsp3) is 0.667. The Morgan fingerprint density at radius 3 is 2.75 bits per heavy atom. The molecule has 1 aromatic heterocycles. The van der Waals surface area contributed by atoms with Gasteiger partial charge in [-0.1, -0.05) is 13.3 Å². The van der Waals surface area contributed by atoms with E-state index in [0.29, 0.717) is 0 Å². The molecule has 1 aliphatic rings. The van der Waals surface area contributed by atoms with Gasteiger partial charge in [-0.25, -0.2) is 9.78 Å². The number of rotatable bonds is 5. The van der Waals surface area contributed by atoms with Gasteiger partial charge in [0.05, 0.1) is 0 Å². The summed E-state index contributed by atoms with van der Waals surface area (Å²) < 4.78 is 12.1. The van der Waals surface area contributed by atoms with Crippen LogP contribution in [0.1, 0.15) is 59.1 Å². The minimum atomic E-state index is -0.477. The Kier molecular flexibility index (Phi) is 6.49. The lowest BCUT2D eigenvalue weighted by atomic mass is 10.2. The van der Waals surface area contributed by atoms with Crippen LogP contribution in [0.3, 0.4) is 0 Å². The van der Waals surface area contributed by atoms with Crippen molar-refractivity contribution in [3.63, 3.8) is 0 Å². The Morgan fingerprint density at radius 2 is 2.12 bits per heavy atom. The summed E-state index contributed by atoms with van der Waals surface area (Å²) in [7, 11) is 0. The Balaban J connectivity index is 1.84. The number of hydrogen-bond donors (Lipinski definition) is 1. The highest BCUT2D eigenvalue weighted by Crippen LogP contribution is 2.29. The molecule has 5 nitrogen and oxygen atoms in total. The lowest BCUT2D eigenvalue weighted by molar-refractivity contribution is 0.0503. The van der Waals surface area contributed by atoms with E-state index in [0.717, 1.165) is 48.2 Å². The summed E-state index contributed by atoms with van der Waals surface area (Å²) in [6.07, 6.45) is 4.33. The molecule has 0 bridgehead atoms. The van der Waals surface area contributed by atoms with Gasteiger partial charge in [0, 0.05) is 18.2 Å². The third-order valence-corrected chi connectivity index (χ3v) is 4.35. The molecule has 0 aromatic carbocycles. The van der Waals surface area contributed by atoms with Crippen LogP contribution >= 0.6 is 15.9 Å². The summed E-state index contributed by atoms with van der Waals surface area (Å²) in [6, 6.07) is 4.07. The van der Waals surface area contributed by atoms with E-state index < -0.39 is 5.60 Å². The summed E-state index contributed by atoms with van der Waals surface area (Å²) in [4.78, 5) is 16.4. The van der Waals surface area contributed by atoms with E-state index in [1.807, 2.05) is 32.9 Å². The van der Waals surface area contributed by atoms with Crippen LogP contribution in [0.5, 0.6) is 5.75 Å². The highest BCUT2D eigenvalue weighted by atomic mass is 79.9. The predicted octanol–water partition coefficient (Wildman–Crippen LogP) is 4.62. The number of pyridine rings is 1. The van der Waals surface area contributed by atoms with Crippen molar-refractivity contribution in [2.45, 2.75) is 77.5 Å². The molecule has 1 fully saturated rings. The first-order chi connectivity index (χ1) is 11.3. The molecule has 1 heterocycles. The van der Waals surface area contributed by atoms with E-state index in [2.05, 4.69) is 33.2 Å². The normalized spacial score (nSPS) is 20.7. The molecule has 1 aromatic rings. The Hall–Kier alpha value is -1.30. The van der Waals surface area contributed by atoms with Crippen molar-refractivity contribution in [1.82, 2.24) is 10.3 Å². The maximum absolute atomic E-state index is 11.8. The highest BCUT2D eigenvalue weighted by molar-refractivity contribution is 9.10. The number of aryl methyl sites for hydroxylation is 1. The second kappa shape index (κ2) is 8.19. The van der Waals surface area contributed by atoms with Crippen LogP contribution in [0.25, 0.3) is 0 Å². The monoisotopic (exact) mass is 398 g/mol. The Morgan fingerprint density at radius 1 is 1.38 bits per heavy atom. The van der Waals surface area contributed by atoms with Gasteiger partial charge >= 0.3 is 6.09 Å². The maximum Gasteiger partial charge on any atom is 0.407 e. The van der Waals surface area contributed by atoms with E-state index in [-0.39, 0.29) is 18.2 Å². The number of halogens is 1. The molecule has 1 N–H and O–H groups in total. The number of carbonyl (C=O) groups excluding carboxylic acids is 1. The van der Waals surface area contributed by atoms with E-state index in [1.54, 1.807) is 0 Å². The number of hydrogen-bond acceptors (Lipinski definition) is 4. The van der Waals surface area contributed by atoms with Crippen LogP contribution in [-0.2, 0) is 11.2 Å². The molecule has 0 unspecified atom stereocenters. The third-order valence-electron chi connectivity index (χ3n) is 3.78.